The van der Waals surface area contributed by atoms with Gasteiger partial charge in [0, 0.05) is 6.07 Å². The van der Waals surface area contributed by atoms with Gasteiger partial charge >= 0.3 is 12.6 Å². The van der Waals surface area contributed by atoms with Crippen LogP contribution in [0.5, 0.6) is 23.0 Å². The maximum absolute atomic E-state index is 12.1. The highest BCUT2D eigenvalue weighted by atomic mass is 19.3. The van der Waals surface area contributed by atoms with Crippen molar-refractivity contribution in [2.75, 3.05) is 13.2 Å². The van der Waals surface area contributed by atoms with Gasteiger partial charge in [0.15, 0.2) is 11.5 Å². The van der Waals surface area contributed by atoms with Gasteiger partial charge in [-0.05, 0) is 36.4 Å². The predicted octanol–water partition coefficient (Wildman–Crippen LogP) is 3.28. The van der Waals surface area contributed by atoms with Gasteiger partial charge in [-0.3, -0.25) is 0 Å². The van der Waals surface area contributed by atoms with E-state index in [1.54, 1.807) is 18.2 Å². The molecule has 1 heterocycles. The van der Waals surface area contributed by atoms with Gasteiger partial charge in [0.05, 0.1) is 5.56 Å². The molecule has 1 aliphatic rings. The third kappa shape index (κ3) is 3.68. The first-order valence-corrected chi connectivity index (χ1v) is 6.78. The SMILES string of the molecule is O=C(Oc1ccc2c(c1)OCCO2)c1ccc(OC(F)F)cc1. The van der Waals surface area contributed by atoms with E-state index < -0.39 is 12.6 Å². The summed E-state index contributed by atoms with van der Waals surface area (Å²) in [4.78, 5) is 12.0. The Kier molecular flexibility index (Phi) is 4.27. The van der Waals surface area contributed by atoms with Crippen LogP contribution in [-0.4, -0.2) is 25.8 Å². The zero-order valence-corrected chi connectivity index (χ0v) is 11.8. The zero-order chi connectivity index (χ0) is 16.2. The first-order chi connectivity index (χ1) is 11.1. The second-order valence-corrected chi connectivity index (χ2v) is 4.60. The van der Waals surface area contributed by atoms with E-state index in [-0.39, 0.29) is 11.3 Å². The first kappa shape index (κ1) is 15.1. The van der Waals surface area contributed by atoms with Crippen molar-refractivity contribution in [2.45, 2.75) is 6.61 Å². The molecule has 7 heteroatoms. The lowest BCUT2D eigenvalue weighted by Gasteiger charge is -2.18. The van der Waals surface area contributed by atoms with Gasteiger partial charge in [-0.25, -0.2) is 4.79 Å². The van der Waals surface area contributed by atoms with Crippen molar-refractivity contribution in [3.05, 3.63) is 48.0 Å². The van der Waals surface area contributed by atoms with Crippen molar-refractivity contribution < 1.29 is 32.5 Å². The zero-order valence-electron chi connectivity index (χ0n) is 11.8. The van der Waals surface area contributed by atoms with Crippen LogP contribution in [0, 0.1) is 0 Å². The van der Waals surface area contributed by atoms with E-state index >= 15 is 0 Å². The first-order valence-electron chi connectivity index (χ1n) is 6.78. The highest BCUT2D eigenvalue weighted by Crippen LogP contribution is 2.33. The number of hydrogen-bond donors (Lipinski definition) is 0. The molecular formula is C16H12F2O5. The number of esters is 1. The average Bonchev–Trinajstić information content (AvgIpc) is 2.55. The molecule has 0 atom stereocenters. The van der Waals surface area contributed by atoms with E-state index in [1.165, 1.54) is 24.3 Å². The molecule has 0 aliphatic carbocycles. The van der Waals surface area contributed by atoms with E-state index in [4.69, 9.17) is 14.2 Å². The fraction of sp³-hybridized carbons (Fsp3) is 0.188. The van der Waals surface area contributed by atoms with Gasteiger partial charge < -0.3 is 18.9 Å². The van der Waals surface area contributed by atoms with Gasteiger partial charge in [-0.2, -0.15) is 8.78 Å². The number of fused-ring (bicyclic) bond motifs is 1. The Bertz CT molecular complexity index is 700. The summed E-state index contributed by atoms with van der Waals surface area (Å²) in [6.07, 6.45) is 0. The number of alkyl halides is 2. The standard InChI is InChI=1S/C16H12F2O5/c17-16(18)23-11-3-1-10(2-4-11)15(19)22-12-5-6-13-14(9-12)21-8-7-20-13/h1-6,9,16H,7-8H2. The lowest BCUT2D eigenvalue weighted by atomic mass is 10.2. The van der Waals surface area contributed by atoms with Crippen molar-refractivity contribution in [2.24, 2.45) is 0 Å². The summed E-state index contributed by atoms with van der Waals surface area (Å²) in [5.41, 5.74) is 0.210. The van der Waals surface area contributed by atoms with E-state index in [0.29, 0.717) is 30.5 Å². The molecule has 0 N–H and O–H groups in total. The second kappa shape index (κ2) is 6.51. The Hall–Kier alpha value is -2.83. The molecule has 23 heavy (non-hydrogen) atoms. The van der Waals surface area contributed by atoms with Crippen LogP contribution in [0.25, 0.3) is 0 Å². The molecule has 0 amide bonds. The number of carbonyl (C=O) groups excluding carboxylic acids is 1. The van der Waals surface area contributed by atoms with Crippen LogP contribution in [0.4, 0.5) is 8.78 Å². The van der Waals surface area contributed by atoms with E-state index in [2.05, 4.69) is 4.74 Å². The van der Waals surface area contributed by atoms with Crippen LogP contribution < -0.4 is 18.9 Å². The Morgan fingerprint density at radius 1 is 0.957 bits per heavy atom. The maximum Gasteiger partial charge on any atom is 0.387 e. The number of benzene rings is 2. The highest BCUT2D eigenvalue weighted by Gasteiger charge is 2.15. The smallest absolute Gasteiger partial charge is 0.387 e. The minimum atomic E-state index is -2.91. The Balaban J connectivity index is 1.69. The molecule has 0 aromatic heterocycles. The topological polar surface area (TPSA) is 54.0 Å². The van der Waals surface area contributed by atoms with Crippen LogP contribution in [0.1, 0.15) is 10.4 Å². The Labute approximate surface area is 130 Å². The highest BCUT2D eigenvalue weighted by molar-refractivity contribution is 5.91. The molecule has 2 aromatic carbocycles. The normalized spacial score (nSPS) is 12.8. The second-order valence-electron chi connectivity index (χ2n) is 4.60. The van der Waals surface area contributed by atoms with Crippen molar-refractivity contribution >= 4 is 5.97 Å². The van der Waals surface area contributed by atoms with E-state index in [9.17, 15) is 13.6 Å². The Morgan fingerprint density at radius 3 is 2.30 bits per heavy atom. The third-order valence-corrected chi connectivity index (χ3v) is 3.04. The fourth-order valence-corrected chi connectivity index (χ4v) is 2.03. The van der Waals surface area contributed by atoms with Crippen LogP contribution in [0.3, 0.4) is 0 Å². The van der Waals surface area contributed by atoms with Crippen LogP contribution in [0.2, 0.25) is 0 Å². The Morgan fingerprint density at radius 2 is 1.61 bits per heavy atom. The van der Waals surface area contributed by atoms with Crippen LogP contribution >= 0.6 is 0 Å². The average molecular weight is 322 g/mol. The minimum absolute atomic E-state index is 0.0316. The lowest BCUT2D eigenvalue weighted by Crippen LogP contribution is -2.15. The van der Waals surface area contributed by atoms with Crippen molar-refractivity contribution in [1.82, 2.24) is 0 Å². The molecule has 0 radical (unpaired) electrons. The molecule has 1 aliphatic heterocycles. The molecule has 0 saturated carbocycles. The van der Waals surface area contributed by atoms with Crippen molar-refractivity contribution in [3.8, 4) is 23.0 Å². The van der Waals surface area contributed by atoms with Crippen LogP contribution in [0.15, 0.2) is 42.5 Å². The monoisotopic (exact) mass is 322 g/mol. The molecule has 0 spiro atoms. The molecule has 0 fully saturated rings. The quantitative estimate of drug-likeness (QED) is 0.639. The third-order valence-electron chi connectivity index (χ3n) is 3.04. The maximum atomic E-state index is 12.1. The fourth-order valence-electron chi connectivity index (χ4n) is 2.03. The predicted molar refractivity (Wildman–Crippen MR) is 75.5 cm³/mol. The van der Waals surface area contributed by atoms with Gasteiger partial charge in [0.25, 0.3) is 0 Å². The molecule has 5 nitrogen and oxygen atoms in total. The van der Waals surface area contributed by atoms with E-state index in [1.807, 2.05) is 0 Å². The van der Waals surface area contributed by atoms with Gasteiger partial charge in [-0.1, -0.05) is 0 Å². The number of halogens is 2. The molecule has 2 aromatic rings. The summed E-state index contributed by atoms with van der Waals surface area (Å²) >= 11 is 0. The van der Waals surface area contributed by atoms with Gasteiger partial charge in [0.2, 0.25) is 0 Å². The summed E-state index contributed by atoms with van der Waals surface area (Å²) in [7, 11) is 0. The van der Waals surface area contributed by atoms with Gasteiger partial charge in [-0.15, -0.1) is 0 Å². The number of ether oxygens (including phenoxy) is 4. The molecule has 3 rings (SSSR count). The summed E-state index contributed by atoms with van der Waals surface area (Å²) in [6, 6.07) is 10.0. The van der Waals surface area contributed by atoms with Crippen molar-refractivity contribution in [3.63, 3.8) is 0 Å². The summed E-state index contributed by atoms with van der Waals surface area (Å²) in [5.74, 6) is 0.736. The largest absolute Gasteiger partial charge is 0.486 e. The minimum Gasteiger partial charge on any atom is -0.486 e. The number of hydrogen-bond acceptors (Lipinski definition) is 5. The van der Waals surface area contributed by atoms with E-state index in [0.717, 1.165) is 0 Å². The van der Waals surface area contributed by atoms with Gasteiger partial charge in [0.1, 0.15) is 24.7 Å². The summed E-state index contributed by atoms with van der Waals surface area (Å²) < 4.78 is 44.3. The lowest BCUT2D eigenvalue weighted by molar-refractivity contribution is -0.0498. The number of carbonyl (C=O) groups is 1. The van der Waals surface area contributed by atoms with Crippen LogP contribution in [-0.2, 0) is 0 Å². The molecule has 0 unspecified atom stereocenters. The molecular weight excluding hydrogens is 310 g/mol. The summed E-state index contributed by atoms with van der Waals surface area (Å²) in [6.45, 7) is -2.01. The van der Waals surface area contributed by atoms with Crippen molar-refractivity contribution in [1.29, 1.82) is 0 Å². The molecule has 0 saturated heterocycles. The molecule has 120 valence electrons. The molecule has 0 bridgehead atoms. The number of rotatable bonds is 4. The summed E-state index contributed by atoms with van der Waals surface area (Å²) in [5, 5.41) is 0.